The highest BCUT2D eigenvalue weighted by atomic mass is 35.5. The molecule has 0 aliphatic carbocycles. The topological polar surface area (TPSA) is 76.3 Å². The lowest BCUT2D eigenvalue weighted by molar-refractivity contribution is -0.384. The minimum Gasteiger partial charge on any atom is -0.334 e. The molecule has 1 aliphatic heterocycles. The van der Waals surface area contributed by atoms with E-state index in [1.165, 1.54) is 17.7 Å². The third-order valence-corrected chi connectivity index (χ3v) is 7.02. The van der Waals surface area contributed by atoms with Crippen molar-refractivity contribution in [1.82, 2.24) is 9.88 Å². The van der Waals surface area contributed by atoms with Crippen LogP contribution in [0.15, 0.2) is 84.9 Å². The third-order valence-electron chi connectivity index (χ3n) is 6.78. The maximum absolute atomic E-state index is 13.4. The number of hydrogen-bond acceptors (Lipinski definition) is 4. The molecule has 0 saturated carbocycles. The van der Waals surface area contributed by atoms with Crippen molar-refractivity contribution in [2.45, 2.75) is 13.0 Å². The van der Waals surface area contributed by atoms with E-state index < -0.39 is 4.92 Å². The van der Waals surface area contributed by atoms with Gasteiger partial charge < -0.3 is 4.90 Å². The molecule has 0 N–H and O–H groups in total. The van der Waals surface area contributed by atoms with Crippen molar-refractivity contribution in [2.24, 2.45) is 0 Å². The smallest absolute Gasteiger partial charge is 0.269 e. The molecule has 2 heterocycles. The van der Waals surface area contributed by atoms with Crippen LogP contribution in [0, 0.1) is 10.1 Å². The molecular weight excluding hydrogens is 474 g/mol. The summed E-state index contributed by atoms with van der Waals surface area (Å²) in [4.78, 5) is 31.0. The van der Waals surface area contributed by atoms with Gasteiger partial charge in [-0.25, -0.2) is 4.98 Å². The molecule has 0 saturated heterocycles. The number of nitrogens with zero attached hydrogens (tertiary/aromatic N) is 3. The van der Waals surface area contributed by atoms with Crippen molar-refractivity contribution in [2.75, 3.05) is 6.54 Å². The molecule has 1 aliphatic rings. The number of halogens is 1. The first kappa shape index (κ1) is 22.2. The Hall–Kier alpha value is -4.29. The molecule has 36 heavy (non-hydrogen) atoms. The number of nitro benzene ring substituents is 1. The predicted octanol–water partition coefficient (Wildman–Crippen LogP) is 6.82. The molecule has 0 unspecified atom stereocenters. The highest BCUT2D eigenvalue weighted by Crippen LogP contribution is 2.38. The molecule has 0 spiro atoms. The van der Waals surface area contributed by atoms with Gasteiger partial charge in [-0.3, -0.25) is 14.9 Å². The van der Waals surface area contributed by atoms with Gasteiger partial charge >= 0.3 is 0 Å². The van der Waals surface area contributed by atoms with E-state index in [2.05, 4.69) is 18.2 Å². The van der Waals surface area contributed by atoms with Crippen molar-refractivity contribution in [3.8, 4) is 11.3 Å². The number of carbonyl (C=O) groups excluding carboxylic acids is 1. The SMILES string of the molecule is O=C(c1cccc(Cl)c1)N1CCc2c(c(-c3ccc([N+](=O)[O-])cc3)nc3ccc4ccccc4c23)C1. The van der Waals surface area contributed by atoms with Crippen LogP contribution < -0.4 is 0 Å². The van der Waals surface area contributed by atoms with Gasteiger partial charge in [-0.1, -0.05) is 48.0 Å². The zero-order valence-electron chi connectivity index (χ0n) is 19.1. The fraction of sp³-hybridized carbons (Fsp3) is 0.103. The van der Waals surface area contributed by atoms with Crippen LogP contribution in [0.4, 0.5) is 5.69 Å². The van der Waals surface area contributed by atoms with Gasteiger partial charge in [0.15, 0.2) is 0 Å². The number of hydrogen-bond donors (Lipinski definition) is 0. The van der Waals surface area contributed by atoms with Gasteiger partial charge in [0, 0.05) is 52.3 Å². The first-order valence-corrected chi connectivity index (χ1v) is 12.0. The third kappa shape index (κ3) is 3.76. The summed E-state index contributed by atoms with van der Waals surface area (Å²) < 4.78 is 0. The number of fused-ring (bicyclic) bond motifs is 5. The second-order valence-electron chi connectivity index (χ2n) is 8.89. The van der Waals surface area contributed by atoms with Crippen LogP contribution in [0.1, 0.15) is 21.5 Å². The van der Waals surface area contributed by atoms with Crippen LogP contribution in [0.2, 0.25) is 5.02 Å². The molecule has 0 radical (unpaired) electrons. The molecule has 176 valence electrons. The van der Waals surface area contributed by atoms with Gasteiger partial charge in [-0.05, 0) is 59.2 Å². The summed E-state index contributed by atoms with van der Waals surface area (Å²) in [5, 5.41) is 15.1. The average Bonchev–Trinajstić information content (AvgIpc) is 2.91. The summed E-state index contributed by atoms with van der Waals surface area (Å²) >= 11 is 6.14. The molecule has 1 aromatic heterocycles. The van der Waals surface area contributed by atoms with Gasteiger partial charge in [0.2, 0.25) is 0 Å². The lowest BCUT2D eigenvalue weighted by Gasteiger charge is -2.31. The van der Waals surface area contributed by atoms with Crippen molar-refractivity contribution < 1.29 is 9.72 Å². The Balaban J connectivity index is 1.54. The number of aromatic nitrogens is 1. The van der Waals surface area contributed by atoms with Crippen LogP contribution in [-0.2, 0) is 13.0 Å². The van der Waals surface area contributed by atoms with E-state index in [4.69, 9.17) is 16.6 Å². The molecule has 0 atom stereocenters. The van der Waals surface area contributed by atoms with Crippen LogP contribution >= 0.6 is 11.6 Å². The predicted molar refractivity (Wildman–Crippen MR) is 141 cm³/mol. The lowest BCUT2D eigenvalue weighted by Crippen LogP contribution is -2.36. The van der Waals surface area contributed by atoms with E-state index in [0.717, 1.165) is 38.5 Å². The highest BCUT2D eigenvalue weighted by Gasteiger charge is 2.27. The van der Waals surface area contributed by atoms with Crippen LogP contribution in [0.3, 0.4) is 0 Å². The standard InChI is InChI=1S/C29H20ClN3O3/c30-21-6-3-5-20(16-21)29(34)32-15-14-24-25(17-32)28(19-8-11-22(12-9-19)33(35)36)31-26-13-10-18-4-1-2-7-23(18)27(24)26/h1-13,16H,14-15,17H2. The highest BCUT2D eigenvalue weighted by molar-refractivity contribution is 6.31. The summed E-state index contributed by atoms with van der Waals surface area (Å²) in [5.74, 6) is -0.0872. The molecule has 7 heteroatoms. The number of nitro groups is 1. The minimum absolute atomic E-state index is 0.0251. The van der Waals surface area contributed by atoms with E-state index in [0.29, 0.717) is 30.1 Å². The monoisotopic (exact) mass is 493 g/mol. The maximum Gasteiger partial charge on any atom is 0.269 e. The average molecular weight is 494 g/mol. The lowest BCUT2D eigenvalue weighted by atomic mass is 9.89. The number of benzene rings is 4. The quantitative estimate of drug-likeness (QED) is 0.157. The first-order valence-electron chi connectivity index (χ1n) is 11.6. The molecule has 4 aromatic carbocycles. The summed E-state index contributed by atoms with van der Waals surface area (Å²) in [6.07, 6.45) is 0.675. The Bertz CT molecular complexity index is 1680. The van der Waals surface area contributed by atoms with Gasteiger partial charge in [0.1, 0.15) is 0 Å². The minimum atomic E-state index is -0.412. The number of amides is 1. The van der Waals surface area contributed by atoms with Crippen LogP contribution in [0.25, 0.3) is 32.9 Å². The van der Waals surface area contributed by atoms with Gasteiger partial charge in [0.05, 0.1) is 16.1 Å². The number of pyridine rings is 1. The number of carbonyl (C=O) groups is 1. The molecular formula is C29H20ClN3O3. The summed E-state index contributed by atoms with van der Waals surface area (Å²) in [6.45, 7) is 0.958. The zero-order chi connectivity index (χ0) is 24.8. The maximum atomic E-state index is 13.4. The molecule has 5 aromatic rings. The van der Waals surface area contributed by atoms with E-state index in [9.17, 15) is 14.9 Å². The van der Waals surface area contributed by atoms with Crippen molar-refractivity contribution in [3.05, 3.63) is 117 Å². The molecule has 6 rings (SSSR count). The Kier molecular flexibility index (Phi) is 5.38. The fourth-order valence-electron chi connectivity index (χ4n) is 5.07. The number of rotatable bonds is 3. The Morgan fingerprint density at radius 2 is 1.75 bits per heavy atom. The van der Waals surface area contributed by atoms with E-state index in [1.807, 2.05) is 23.1 Å². The van der Waals surface area contributed by atoms with Crippen LogP contribution in [-0.4, -0.2) is 27.3 Å². The normalized spacial score (nSPS) is 13.1. The van der Waals surface area contributed by atoms with Crippen molar-refractivity contribution in [3.63, 3.8) is 0 Å². The van der Waals surface area contributed by atoms with Gasteiger partial charge in [0.25, 0.3) is 11.6 Å². The molecule has 1 amide bonds. The van der Waals surface area contributed by atoms with Gasteiger partial charge in [-0.15, -0.1) is 0 Å². The van der Waals surface area contributed by atoms with Crippen molar-refractivity contribution >= 4 is 44.9 Å². The summed E-state index contributed by atoms with van der Waals surface area (Å²) in [6, 6.07) is 25.7. The van der Waals surface area contributed by atoms with Gasteiger partial charge in [-0.2, -0.15) is 0 Å². The summed E-state index contributed by atoms with van der Waals surface area (Å²) in [7, 11) is 0. The van der Waals surface area contributed by atoms with Crippen molar-refractivity contribution in [1.29, 1.82) is 0 Å². The second kappa shape index (κ2) is 8.73. The first-order chi connectivity index (χ1) is 17.5. The van der Waals surface area contributed by atoms with E-state index in [-0.39, 0.29) is 11.6 Å². The largest absolute Gasteiger partial charge is 0.334 e. The Labute approximate surface area is 211 Å². The van der Waals surface area contributed by atoms with E-state index >= 15 is 0 Å². The zero-order valence-corrected chi connectivity index (χ0v) is 19.9. The summed E-state index contributed by atoms with van der Waals surface area (Å²) in [5.41, 5.74) is 5.10. The Morgan fingerprint density at radius 1 is 0.944 bits per heavy atom. The second-order valence-corrected chi connectivity index (χ2v) is 9.33. The van der Waals surface area contributed by atoms with E-state index in [1.54, 1.807) is 36.4 Å². The number of non-ortho nitro benzene ring substituents is 1. The Morgan fingerprint density at radius 3 is 2.53 bits per heavy atom. The van der Waals surface area contributed by atoms with Crippen LogP contribution in [0.5, 0.6) is 0 Å². The molecule has 0 fully saturated rings. The molecule has 0 bridgehead atoms. The molecule has 6 nitrogen and oxygen atoms in total. The fourth-order valence-corrected chi connectivity index (χ4v) is 5.26.